The van der Waals surface area contributed by atoms with Gasteiger partial charge >= 0.3 is 0 Å². The molecule has 0 aromatic heterocycles. The lowest BCUT2D eigenvalue weighted by molar-refractivity contribution is -0.119. The highest BCUT2D eigenvalue weighted by atomic mass is 35.5. The molecule has 0 N–H and O–H groups in total. The largest absolute Gasteiger partial charge is 0.300 e. The van der Waals surface area contributed by atoms with Crippen LogP contribution in [0.15, 0.2) is 0 Å². The van der Waals surface area contributed by atoms with Crippen molar-refractivity contribution < 1.29 is 4.79 Å². The first-order valence-electron chi connectivity index (χ1n) is 5.89. The Morgan fingerprint density at radius 2 is 1.50 bits per heavy atom. The molecule has 1 nitrogen and oxygen atoms in total. The molecule has 0 heterocycles. The highest BCUT2D eigenvalue weighted by Crippen LogP contribution is 2.07. The Labute approximate surface area is 93.2 Å². The third kappa shape index (κ3) is 10.0. The zero-order valence-electron chi connectivity index (χ0n) is 9.36. The van der Waals surface area contributed by atoms with Crippen LogP contribution in [0.1, 0.15) is 64.7 Å². The molecule has 14 heavy (non-hydrogen) atoms. The van der Waals surface area contributed by atoms with E-state index < -0.39 is 0 Å². The molecular weight excluding hydrogens is 196 g/mol. The van der Waals surface area contributed by atoms with Crippen molar-refractivity contribution in [3.05, 3.63) is 0 Å². The van der Waals surface area contributed by atoms with E-state index in [2.05, 4.69) is 6.92 Å². The number of alkyl halides is 1. The van der Waals surface area contributed by atoms with E-state index in [-0.39, 0.29) is 0 Å². The molecule has 0 amide bonds. The lowest BCUT2D eigenvalue weighted by Crippen LogP contribution is -1.97. The maximum Gasteiger partial charge on any atom is 0.132 e. The topological polar surface area (TPSA) is 17.1 Å². The molecule has 0 bridgehead atoms. The molecular formula is C12H23ClO. The number of hydrogen-bond donors (Lipinski definition) is 0. The van der Waals surface area contributed by atoms with Crippen molar-refractivity contribution in [1.82, 2.24) is 0 Å². The van der Waals surface area contributed by atoms with Crippen molar-refractivity contribution in [2.75, 3.05) is 5.88 Å². The fourth-order valence-electron chi connectivity index (χ4n) is 1.47. The number of hydrogen-bond acceptors (Lipinski definition) is 1. The summed E-state index contributed by atoms with van der Waals surface area (Å²) in [6, 6.07) is 0. The molecule has 0 radical (unpaired) electrons. The minimum absolute atomic E-state index is 0.440. The summed E-state index contributed by atoms with van der Waals surface area (Å²) in [4.78, 5) is 11.3. The number of unbranched alkanes of at least 4 members (excludes halogenated alkanes) is 5. The number of ketones is 1. The predicted octanol–water partition coefficient (Wildman–Crippen LogP) is 4.33. The molecule has 0 saturated carbocycles. The van der Waals surface area contributed by atoms with E-state index in [0.29, 0.717) is 5.78 Å². The van der Waals surface area contributed by atoms with Gasteiger partial charge in [-0.3, -0.25) is 4.79 Å². The first-order chi connectivity index (χ1) is 6.81. The minimum Gasteiger partial charge on any atom is -0.300 e. The molecule has 0 aliphatic heterocycles. The van der Waals surface area contributed by atoms with Gasteiger partial charge in [0.1, 0.15) is 5.78 Å². The zero-order chi connectivity index (χ0) is 10.6. The highest BCUT2D eigenvalue weighted by Gasteiger charge is 2.00. The fourth-order valence-corrected chi connectivity index (χ4v) is 1.66. The van der Waals surface area contributed by atoms with Crippen LogP contribution in [0.25, 0.3) is 0 Å². The second kappa shape index (κ2) is 11.0. The fraction of sp³-hybridized carbons (Fsp3) is 0.917. The van der Waals surface area contributed by atoms with Crippen LogP contribution in [0.4, 0.5) is 0 Å². The zero-order valence-corrected chi connectivity index (χ0v) is 10.1. The van der Waals surface area contributed by atoms with Crippen molar-refractivity contribution in [2.24, 2.45) is 0 Å². The Hall–Kier alpha value is -0.0400. The predicted molar refractivity (Wildman–Crippen MR) is 63.0 cm³/mol. The molecule has 0 aromatic carbocycles. The van der Waals surface area contributed by atoms with Gasteiger partial charge in [0.2, 0.25) is 0 Å². The first-order valence-corrected chi connectivity index (χ1v) is 6.42. The number of carbonyl (C=O) groups is 1. The van der Waals surface area contributed by atoms with E-state index in [1.807, 2.05) is 0 Å². The van der Waals surface area contributed by atoms with Crippen LogP contribution in [-0.2, 0) is 4.79 Å². The van der Waals surface area contributed by atoms with E-state index in [9.17, 15) is 4.79 Å². The van der Waals surface area contributed by atoms with Crippen LogP contribution < -0.4 is 0 Å². The van der Waals surface area contributed by atoms with E-state index in [4.69, 9.17) is 11.6 Å². The Morgan fingerprint density at radius 1 is 0.929 bits per heavy atom. The number of rotatable bonds is 10. The SMILES string of the molecule is CCCCCCC(=O)CCCCCCl. The lowest BCUT2D eigenvalue weighted by Gasteiger charge is -2.00. The molecule has 84 valence electrons. The molecule has 0 unspecified atom stereocenters. The van der Waals surface area contributed by atoms with E-state index in [1.165, 1.54) is 19.3 Å². The maximum atomic E-state index is 11.3. The van der Waals surface area contributed by atoms with Crippen molar-refractivity contribution >= 4 is 17.4 Å². The first kappa shape index (κ1) is 14.0. The van der Waals surface area contributed by atoms with Crippen molar-refractivity contribution in [2.45, 2.75) is 64.7 Å². The van der Waals surface area contributed by atoms with Crippen LogP contribution in [0.2, 0.25) is 0 Å². The van der Waals surface area contributed by atoms with Crippen molar-refractivity contribution in [3.8, 4) is 0 Å². The highest BCUT2D eigenvalue weighted by molar-refractivity contribution is 6.17. The second-order valence-electron chi connectivity index (χ2n) is 3.85. The lowest BCUT2D eigenvalue weighted by atomic mass is 10.1. The molecule has 0 fully saturated rings. The van der Waals surface area contributed by atoms with E-state index in [0.717, 1.165) is 44.4 Å². The third-order valence-corrected chi connectivity index (χ3v) is 2.67. The minimum atomic E-state index is 0.440. The summed E-state index contributed by atoms with van der Waals surface area (Å²) in [7, 11) is 0. The standard InChI is InChI=1S/C12H23ClO/c1-2-3-4-6-9-12(14)10-7-5-8-11-13/h2-11H2,1H3. The summed E-state index contributed by atoms with van der Waals surface area (Å²) in [5.41, 5.74) is 0. The summed E-state index contributed by atoms with van der Waals surface area (Å²) in [5.74, 6) is 1.17. The average molecular weight is 219 g/mol. The van der Waals surface area contributed by atoms with Gasteiger partial charge in [0.15, 0.2) is 0 Å². The van der Waals surface area contributed by atoms with Gasteiger partial charge in [-0.25, -0.2) is 0 Å². The number of halogens is 1. The Morgan fingerprint density at radius 3 is 2.00 bits per heavy atom. The van der Waals surface area contributed by atoms with Crippen LogP contribution in [0.5, 0.6) is 0 Å². The molecule has 2 heteroatoms. The van der Waals surface area contributed by atoms with Gasteiger partial charge in [0, 0.05) is 18.7 Å². The Balaban J connectivity index is 3.11. The molecule has 0 spiro atoms. The molecule has 0 rings (SSSR count). The molecule has 0 aromatic rings. The normalized spacial score (nSPS) is 10.4. The van der Waals surface area contributed by atoms with Crippen molar-refractivity contribution in [1.29, 1.82) is 0 Å². The second-order valence-corrected chi connectivity index (χ2v) is 4.23. The van der Waals surface area contributed by atoms with Gasteiger partial charge in [0.05, 0.1) is 0 Å². The van der Waals surface area contributed by atoms with Gasteiger partial charge < -0.3 is 0 Å². The van der Waals surface area contributed by atoms with Crippen LogP contribution >= 0.6 is 11.6 Å². The summed E-state index contributed by atoms with van der Waals surface area (Å²) in [6.07, 6.45) is 9.54. The summed E-state index contributed by atoms with van der Waals surface area (Å²) >= 11 is 5.55. The summed E-state index contributed by atoms with van der Waals surface area (Å²) in [5, 5.41) is 0. The molecule has 0 aliphatic carbocycles. The molecule has 0 atom stereocenters. The van der Waals surface area contributed by atoms with Crippen LogP contribution in [0.3, 0.4) is 0 Å². The van der Waals surface area contributed by atoms with Crippen LogP contribution in [-0.4, -0.2) is 11.7 Å². The van der Waals surface area contributed by atoms with Gasteiger partial charge in [-0.2, -0.15) is 0 Å². The average Bonchev–Trinajstić information content (AvgIpc) is 2.19. The Kier molecular flexibility index (Phi) is 11.0. The van der Waals surface area contributed by atoms with E-state index in [1.54, 1.807) is 0 Å². The Bertz CT molecular complexity index is 120. The smallest absolute Gasteiger partial charge is 0.132 e. The van der Waals surface area contributed by atoms with Gasteiger partial charge in [-0.15, -0.1) is 11.6 Å². The summed E-state index contributed by atoms with van der Waals surface area (Å²) < 4.78 is 0. The quantitative estimate of drug-likeness (QED) is 0.394. The van der Waals surface area contributed by atoms with Gasteiger partial charge in [-0.05, 0) is 19.3 Å². The van der Waals surface area contributed by atoms with Gasteiger partial charge in [-0.1, -0.05) is 32.6 Å². The maximum absolute atomic E-state index is 11.3. The molecule has 0 saturated heterocycles. The summed E-state index contributed by atoms with van der Waals surface area (Å²) in [6.45, 7) is 2.19. The monoisotopic (exact) mass is 218 g/mol. The van der Waals surface area contributed by atoms with Gasteiger partial charge in [0.25, 0.3) is 0 Å². The third-order valence-electron chi connectivity index (χ3n) is 2.40. The van der Waals surface area contributed by atoms with Crippen LogP contribution in [0, 0.1) is 0 Å². The van der Waals surface area contributed by atoms with E-state index >= 15 is 0 Å². The number of carbonyl (C=O) groups excluding carboxylic acids is 1. The number of Topliss-reactive ketones (excluding diaryl/α,β-unsaturated/α-hetero) is 1. The van der Waals surface area contributed by atoms with Crippen molar-refractivity contribution in [3.63, 3.8) is 0 Å². The molecule has 0 aliphatic rings.